The number of halogens is 1. The Morgan fingerprint density at radius 3 is 2.60 bits per heavy atom. The summed E-state index contributed by atoms with van der Waals surface area (Å²) in [7, 11) is 0. The Morgan fingerprint density at radius 2 is 1.87 bits per heavy atom. The number of amides is 2. The molecule has 11 heteroatoms. The van der Waals surface area contributed by atoms with Gasteiger partial charge in [0.25, 0.3) is 11.8 Å². The van der Waals surface area contributed by atoms with Crippen molar-refractivity contribution in [1.82, 2.24) is 15.2 Å². The number of nitrogens with two attached hydrogens (primary N) is 2. The van der Waals surface area contributed by atoms with Crippen molar-refractivity contribution in [2.75, 3.05) is 68.8 Å². The fourth-order valence-electron chi connectivity index (χ4n) is 6.35. The summed E-state index contributed by atoms with van der Waals surface area (Å²) in [6, 6.07) is 14.0. The normalized spacial score (nSPS) is 18.3. The third-order valence-corrected chi connectivity index (χ3v) is 8.73. The second-order valence-corrected chi connectivity index (χ2v) is 11.6. The molecule has 0 bridgehead atoms. The van der Waals surface area contributed by atoms with Gasteiger partial charge in [-0.05, 0) is 80.3 Å². The fourth-order valence-corrected chi connectivity index (χ4v) is 6.35. The van der Waals surface area contributed by atoms with E-state index in [9.17, 15) is 14.0 Å². The van der Waals surface area contributed by atoms with Crippen LogP contribution in [0.4, 0.5) is 15.8 Å². The van der Waals surface area contributed by atoms with Gasteiger partial charge in [-0.1, -0.05) is 13.0 Å². The minimum absolute atomic E-state index is 0.0377. The van der Waals surface area contributed by atoms with E-state index in [0.29, 0.717) is 81.0 Å². The first kappa shape index (κ1) is 32.2. The zero-order chi connectivity index (χ0) is 31.9. The highest BCUT2D eigenvalue weighted by Crippen LogP contribution is 2.35. The Kier molecular flexibility index (Phi) is 10.5. The number of hydrogen-bond acceptors (Lipinski definition) is 8. The molecule has 2 aliphatic rings. The van der Waals surface area contributed by atoms with Crippen molar-refractivity contribution < 1.29 is 18.7 Å². The van der Waals surface area contributed by atoms with Gasteiger partial charge < -0.3 is 36.2 Å². The Hall–Kier alpha value is -4.22. The number of aromatic nitrogens is 1. The number of anilines is 2. The van der Waals surface area contributed by atoms with Gasteiger partial charge in [-0.2, -0.15) is 0 Å². The van der Waals surface area contributed by atoms with Gasteiger partial charge in [0, 0.05) is 69.3 Å². The Balaban J connectivity index is 1.42. The number of piperazine rings is 1. The van der Waals surface area contributed by atoms with Crippen LogP contribution < -0.4 is 31.3 Å². The van der Waals surface area contributed by atoms with Crippen molar-refractivity contribution in [2.24, 2.45) is 17.4 Å². The average molecular weight is 618 g/mol. The lowest BCUT2D eigenvalue weighted by atomic mass is 9.99. The molecule has 2 saturated heterocycles. The molecule has 10 nitrogen and oxygen atoms in total. The highest BCUT2D eigenvalue weighted by Gasteiger charge is 2.33. The van der Waals surface area contributed by atoms with Crippen molar-refractivity contribution in [3.8, 4) is 17.0 Å². The lowest BCUT2D eigenvalue weighted by molar-refractivity contribution is 0.0720. The third kappa shape index (κ3) is 7.04. The van der Waals surface area contributed by atoms with Crippen molar-refractivity contribution in [3.63, 3.8) is 0 Å². The van der Waals surface area contributed by atoms with Crippen molar-refractivity contribution in [1.29, 1.82) is 0 Å². The lowest BCUT2D eigenvalue weighted by Gasteiger charge is -2.43. The van der Waals surface area contributed by atoms with Crippen LogP contribution in [-0.2, 0) is 0 Å². The summed E-state index contributed by atoms with van der Waals surface area (Å²) < 4.78 is 20.1. The topological polar surface area (TPSA) is 130 Å². The molecular formula is C34H44FN7O3. The smallest absolute Gasteiger partial charge is 0.256 e. The van der Waals surface area contributed by atoms with Crippen LogP contribution in [0.5, 0.6) is 5.88 Å². The van der Waals surface area contributed by atoms with Crippen LogP contribution in [0.15, 0.2) is 54.7 Å². The first-order valence-corrected chi connectivity index (χ1v) is 15.9. The minimum atomic E-state index is -0.363. The zero-order valence-electron chi connectivity index (χ0n) is 26.2. The number of pyridine rings is 1. The molecule has 0 radical (unpaired) electrons. The summed E-state index contributed by atoms with van der Waals surface area (Å²) in [6.45, 7) is 8.62. The molecule has 3 aromatic rings. The number of nitrogens with zero attached hydrogens (tertiary/aromatic N) is 4. The van der Waals surface area contributed by atoms with Crippen LogP contribution in [-0.4, -0.2) is 86.7 Å². The van der Waals surface area contributed by atoms with E-state index in [2.05, 4.69) is 27.0 Å². The molecule has 5 rings (SSSR count). The van der Waals surface area contributed by atoms with Crippen LogP contribution in [0.3, 0.4) is 0 Å². The predicted octanol–water partition coefficient (Wildman–Crippen LogP) is 3.50. The van der Waals surface area contributed by atoms with Gasteiger partial charge in [0.05, 0.1) is 23.4 Å². The van der Waals surface area contributed by atoms with Gasteiger partial charge in [0.1, 0.15) is 5.82 Å². The molecule has 2 aliphatic heterocycles. The molecule has 0 aliphatic carbocycles. The Labute approximate surface area is 264 Å². The van der Waals surface area contributed by atoms with E-state index in [0.717, 1.165) is 36.2 Å². The van der Waals surface area contributed by atoms with E-state index in [-0.39, 0.29) is 23.7 Å². The van der Waals surface area contributed by atoms with Crippen molar-refractivity contribution >= 4 is 23.2 Å². The summed E-state index contributed by atoms with van der Waals surface area (Å²) >= 11 is 0. The van der Waals surface area contributed by atoms with Gasteiger partial charge in [-0.25, -0.2) is 9.37 Å². The largest absolute Gasteiger partial charge is 0.478 e. The highest BCUT2D eigenvalue weighted by molar-refractivity contribution is 6.02. The number of benzene rings is 2. The maximum atomic E-state index is 14.4. The summed E-state index contributed by atoms with van der Waals surface area (Å²) in [5, 5.41) is 2.93. The first-order valence-electron chi connectivity index (χ1n) is 15.9. The van der Waals surface area contributed by atoms with Crippen LogP contribution in [0.2, 0.25) is 0 Å². The third-order valence-electron chi connectivity index (χ3n) is 8.73. The van der Waals surface area contributed by atoms with E-state index < -0.39 is 0 Å². The molecule has 0 saturated carbocycles. The number of hydrogen-bond donors (Lipinski definition) is 3. The van der Waals surface area contributed by atoms with Gasteiger partial charge in [-0.15, -0.1) is 0 Å². The van der Waals surface area contributed by atoms with E-state index in [1.165, 1.54) is 12.1 Å². The molecule has 5 N–H and O–H groups in total. The second-order valence-electron chi connectivity index (χ2n) is 11.6. The van der Waals surface area contributed by atoms with Gasteiger partial charge in [0.2, 0.25) is 5.88 Å². The van der Waals surface area contributed by atoms with Crippen LogP contribution in [0, 0.1) is 11.7 Å². The first-order chi connectivity index (χ1) is 21.9. The van der Waals surface area contributed by atoms with Crippen LogP contribution in [0.25, 0.3) is 11.1 Å². The maximum absolute atomic E-state index is 14.4. The summed E-state index contributed by atoms with van der Waals surface area (Å²) in [5.74, 6) is 0.140. The van der Waals surface area contributed by atoms with Gasteiger partial charge in [0.15, 0.2) is 0 Å². The SMILES string of the molecule is CCOc1ncccc1-c1ccc(N2CCN(C(=O)c3ccc(F)cc3N3CCC(CN)C3)C[C@H]2CC)c(C(=O)NCCN)c1. The standard InChI is InChI=1S/C34H44FN7O3/c1-3-26-22-41(34(44)28-9-8-25(35)19-31(28)40-15-11-23(20-37)21-40)16-17-42(26)30-10-7-24(18-29(30)32(43)38-14-12-36)27-6-5-13-39-33(27)45-4-2/h5-10,13,18-19,23,26H,3-4,11-12,14-17,20-22,36-37H2,1-2H3,(H,38,43)/t23?,26-/m1/s1. The number of nitrogens with one attached hydrogen (secondary N) is 1. The molecule has 1 unspecified atom stereocenters. The number of carbonyl (C=O) groups is 2. The molecule has 2 amide bonds. The quantitative estimate of drug-likeness (QED) is 0.298. The van der Waals surface area contributed by atoms with Gasteiger partial charge in [-0.3, -0.25) is 9.59 Å². The maximum Gasteiger partial charge on any atom is 0.256 e. The molecule has 2 aromatic carbocycles. The molecule has 3 heterocycles. The monoisotopic (exact) mass is 617 g/mol. The summed E-state index contributed by atoms with van der Waals surface area (Å²) in [5.41, 5.74) is 15.7. The molecule has 2 atom stereocenters. The van der Waals surface area contributed by atoms with E-state index in [1.54, 1.807) is 12.3 Å². The minimum Gasteiger partial charge on any atom is -0.478 e. The highest BCUT2D eigenvalue weighted by atomic mass is 19.1. The van der Waals surface area contributed by atoms with Crippen molar-refractivity contribution in [3.05, 3.63) is 71.7 Å². The summed E-state index contributed by atoms with van der Waals surface area (Å²) in [6.07, 6.45) is 3.36. The molecule has 0 spiro atoms. The van der Waals surface area contributed by atoms with Crippen LogP contribution in [0.1, 0.15) is 47.4 Å². The fraction of sp³-hybridized carbons (Fsp3) is 0.441. The molecule has 2 fully saturated rings. The van der Waals surface area contributed by atoms with E-state index in [4.69, 9.17) is 16.2 Å². The number of ether oxygens (including phenoxy) is 1. The van der Waals surface area contributed by atoms with E-state index >= 15 is 0 Å². The van der Waals surface area contributed by atoms with Crippen LogP contribution >= 0.6 is 0 Å². The molecule has 1 aromatic heterocycles. The lowest BCUT2D eigenvalue weighted by Crippen LogP contribution is -2.55. The number of carbonyl (C=O) groups excluding carboxylic acids is 2. The Bertz CT molecular complexity index is 1500. The molecule has 240 valence electrons. The predicted molar refractivity (Wildman–Crippen MR) is 175 cm³/mol. The second kappa shape index (κ2) is 14.7. The number of rotatable bonds is 11. The average Bonchev–Trinajstić information content (AvgIpc) is 3.56. The van der Waals surface area contributed by atoms with Crippen molar-refractivity contribution in [2.45, 2.75) is 32.7 Å². The van der Waals surface area contributed by atoms with Gasteiger partial charge >= 0.3 is 0 Å². The molecule has 45 heavy (non-hydrogen) atoms. The zero-order valence-corrected chi connectivity index (χ0v) is 26.2. The Morgan fingerprint density at radius 1 is 1.02 bits per heavy atom. The summed E-state index contributed by atoms with van der Waals surface area (Å²) in [4.78, 5) is 38.0. The molecular weight excluding hydrogens is 573 g/mol. The van der Waals surface area contributed by atoms with E-state index in [1.807, 2.05) is 42.2 Å².